The minimum absolute atomic E-state index is 0.0484. The van der Waals surface area contributed by atoms with E-state index in [9.17, 15) is 4.79 Å². The number of benzene rings is 1. The number of hydrogen-bond donors (Lipinski definition) is 2. The minimum atomic E-state index is -0.0484. The molecule has 2 atom stereocenters. The normalized spacial score (nSPS) is 27.7. The molecule has 3 nitrogen and oxygen atoms in total. The highest BCUT2D eigenvalue weighted by molar-refractivity contribution is 5.85. The fraction of sp³-hybridized carbons (Fsp3) is 0.611. The third kappa shape index (κ3) is 2.98. The van der Waals surface area contributed by atoms with Crippen molar-refractivity contribution in [1.29, 1.82) is 0 Å². The number of carbonyl (C=O) groups excluding carboxylic acids is 1. The highest BCUT2D eigenvalue weighted by Gasteiger charge is 2.35. The second kappa shape index (κ2) is 5.80. The van der Waals surface area contributed by atoms with Crippen molar-refractivity contribution in [3.05, 3.63) is 35.4 Å². The summed E-state index contributed by atoms with van der Waals surface area (Å²) in [6, 6.07) is 8.62. The van der Waals surface area contributed by atoms with Gasteiger partial charge < -0.3 is 10.6 Å². The van der Waals surface area contributed by atoms with Crippen molar-refractivity contribution in [2.45, 2.75) is 58.0 Å². The summed E-state index contributed by atoms with van der Waals surface area (Å²) in [5.74, 6) is 0.141. The molecule has 1 heterocycles. The molecule has 0 aromatic heterocycles. The summed E-state index contributed by atoms with van der Waals surface area (Å²) >= 11 is 0. The molecule has 3 rings (SSSR count). The average molecular weight is 286 g/mol. The smallest absolute Gasteiger partial charge is 0.229 e. The average Bonchev–Trinajstić information content (AvgIpc) is 2.48. The molecule has 1 fully saturated rings. The van der Waals surface area contributed by atoms with Gasteiger partial charge in [-0.15, -0.1) is 0 Å². The summed E-state index contributed by atoms with van der Waals surface area (Å²) in [6.07, 6.45) is 4.83. The predicted molar refractivity (Wildman–Crippen MR) is 85.1 cm³/mol. The van der Waals surface area contributed by atoms with Gasteiger partial charge in [-0.05, 0) is 29.4 Å². The third-order valence-electron chi connectivity index (χ3n) is 5.23. The molecular formula is C18H26N2O. The van der Waals surface area contributed by atoms with Gasteiger partial charge in [0, 0.05) is 19.1 Å². The lowest BCUT2D eigenvalue weighted by Crippen LogP contribution is -2.50. The second-order valence-corrected chi connectivity index (χ2v) is 7.18. The van der Waals surface area contributed by atoms with Gasteiger partial charge in [0.1, 0.15) is 0 Å². The van der Waals surface area contributed by atoms with E-state index >= 15 is 0 Å². The Hall–Kier alpha value is -1.35. The summed E-state index contributed by atoms with van der Waals surface area (Å²) in [5.41, 5.74) is 2.67. The highest BCUT2D eigenvalue weighted by Crippen LogP contribution is 2.36. The molecule has 1 aliphatic heterocycles. The number of nitrogens with one attached hydrogen (secondary N) is 2. The summed E-state index contributed by atoms with van der Waals surface area (Å²) in [6.45, 7) is 6.18. The summed E-state index contributed by atoms with van der Waals surface area (Å²) < 4.78 is 0. The third-order valence-corrected chi connectivity index (χ3v) is 5.23. The van der Waals surface area contributed by atoms with Gasteiger partial charge in [-0.2, -0.15) is 0 Å². The van der Waals surface area contributed by atoms with Gasteiger partial charge in [-0.3, -0.25) is 4.79 Å². The van der Waals surface area contributed by atoms with E-state index in [1.54, 1.807) is 0 Å². The van der Waals surface area contributed by atoms with Gasteiger partial charge in [0.05, 0.1) is 5.92 Å². The quantitative estimate of drug-likeness (QED) is 0.877. The van der Waals surface area contributed by atoms with E-state index in [1.165, 1.54) is 30.4 Å². The number of carbonyl (C=O) groups is 1. The SMILES string of the molecule is CC1(C)CCCCC1NC(=O)C1CNCc2ccccc21. The molecule has 1 saturated carbocycles. The van der Waals surface area contributed by atoms with Crippen LogP contribution in [0.4, 0.5) is 0 Å². The van der Waals surface area contributed by atoms with Gasteiger partial charge in [0.2, 0.25) is 5.91 Å². The van der Waals surface area contributed by atoms with Crippen molar-refractivity contribution < 1.29 is 4.79 Å². The molecule has 3 heteroatoms. The highest BCUT2D eigenvalue weighted by atomic mass is 16.2. The fourth-order valence-electron chi connectivity index (χ4n) is 3.76. The number of amides is 1. The topological polar surface area (TPSA) is 41.1 Å². The van der Waals surface area contributed by atoms with E-state index in [0.717, 1.165) is 19.5 Å². The Balaban J connectivity index is 1.74. The van der Waals surface area contributed by atoms with Gasteiger partial charge in [0.15, 0.2) is 0 Å². The molecule has 21 heavy (non-hydrogen) atoms. The van der Waals surface area contributed by atoms with Crippen LogP contribution in [-0.2, 0) is 11.3 Å². The maximum atomic E-state index is 12.8. The Morgan fingerprint density at radius 3 is 2.90 bits per heavy atom. The van der Waals surface area contributed by atoms with E-state index in [1.807, 2.05) is 12.1 Å². The van der Waals surface area contributed by atoms with Crippen LogP contribution < -0.4 is 10.6 Å². The van der Waals surface area contributed by atoms with Crippen molar-refractivity contribution in [3.63, 3.8) is 0 Å². The van der Waals surface area contributed by atoms with Crippen LogP contribution in [0.2, 0.25) is 0 Å². The van der Waals surface area contributed by atoms with Crippen molar-refractivity contribution in [2.24, 2.45) is 5.41 Å². The molecule has 2 aliphatic rings. The van der Waals surface area contributed by atoms with E-state index in [-0.39, 0.29) is 17.2 Å². The lowest BCUT2D eigenvalue weighted by molar-refractivity contribution is -0.124. The first-order chi connectivity index (χ1) is 10.1. The molecule has 1 aromatic rings. The van der Waals surface area contributed by atoms with E-state index < -0.39 is 0 Å². The van der Waals surface area contributed by atoms with Crippen molar-refractivity contribution in [1.82, 2.24) is 10.6 Å². The molecule has 0 radical (unpaired) electrons. The second-order valence-electron chi connectivity index (χ2n) is 7.18. The fourth-order valence-corrected chi connectivity index (χ4v) is 3.76. The first kappa shape index (κ1) is 14.6. The van der Waals surface area contributed by atoms with Gasteiger partial charge in [0.25, 0.3) is 0 Å². The van der Waals surface area contributed by atoms with Crippen LogP contribution in [0.5, 0.6) is 0 Å². The van der Waals surface area contributed by atoms with Crippen LogP contribution in [0.3, 0.4) is 0 Å². The molecule has 2 N–H and O–H groups in total. The lowest BCUT2D eigenvalue weighted by Gasteiger charge is -2.40. The van der Waals surface area contributed by atoms with Crippen molar-refractivity contribution >= 4 is 5.91 Å². The minimum Gasteiger partial charge on any atom is -0.352 e. The Labute approximate surface area is 127 Å². The monoisotopic (exact) mass is 286 g/mol. The summed E-state index contributed by atoms with van der Waals surface area (Å²) in [4.78, 5) is 12.8. The summed E-state index contributed by atoms with van der Waals surface area (Å²) in [5, 5.41) is 6.71. The van der Waals surface area contributed by atoms with Crippen LogP contribution in [-0.4, -0.2) is 18.5 Å². The zero-order valence-electron chi connectivity index (χ0n) is 13.1. The van der Waals surface area contributed by atoms with Gasteiger partial charge >= 0.3 is 0 Å². The van der Waals surface area contributed by atoms with Crippen LogP contribution in [0, 0.1) is 5.41 Å². The van der Waals surface area contributed by atoms with E-state index in [2.05, 4.69) is 36.6 Å². The molecule has 0 bridgehead atoms. The van der Waals surface area contributed by atoms with Crippen LogP contribution >= 0.6 is 0 Å². The Morgan fingerprint density at radius 2 is 2.10 bits per heavy atom. The predicted octanol–water partition coefficient (Wildman–Crippen LogP) is 2.96. The number of fused-ring (bicyclic) bond motifs is 1. The Kier molecular flexibility index (Phi) is 4.03. The van der Waals surface area contributed by atoms with E-state index in [4.69, 9.17) is 0 Å². The number of hydrogen-bond acceptors (Lipinski definition) is 2. The molecule has 0 saturated heterocycles. The first-order valence-electron chi connectivity index (χ1n) is 8.17. The van der Waals surface area contributed by atoms with Crippen LogP contribution in [0.1, 0.15) is 56.6 Å². The maximum absolute atomic E-state index is 12.8. The van der Waals surface area contributed by atoms with Crippen molar-refractivity contribution in [2.75, 3.05) is 6.54 Å². The maximum Gasteiger partial charge on any atom is 0.229 e. The number of rotatable bonds is 2. The summed E-state index contributed by atoms with van der Waals surface area (Å²) in [7, 11) is 0. The molecule has 0 spiro atoms. The van der Waals surface area contributed by atoms with E-state index in [0.29, 0.717) is 6.04 Å². The van der Waals surface area contributed by atoms with Gasteiger partial charge in [-0.1, -0.05) is 51.0 Å². The molecule has 2 unspecified atom stereocenters. The largest absolute Gasteiger partial charge is 0.352 e. The molecule has 114 valence electrons. The Bertz CT molecular complexity index is 524. The van der Waals surface area contributed by atoms with Crippen LogP contribution in [0.15, 0.2) is 24.3 Å². The zero-order valence-corrected chi connectivity index (χ0v) is 13.1. The molecule has 1 aromatic carbocycles. The lowest BCUT2D eigenvalue weighted by atomic mass is 9.73. The molecular weight excluding hydrogens is 260 g/mol. The standard InChI is InChI=1S/C18H26N2O/c1-18(2)10-6-5-9-16(18)20-17(21)15-12-19-11-13-7-3-4-8-14(13)15/h3-4,7-8,15-16,19H,5-6,9-12H2,1-2H3,(H,20,21). The van der Waals surface area contributed by atoms with Crippen LogP contribution in [0.25, 0.3) is 0 Å². The van der Waals surface area contributed by atoms with Gasteiger partial charge in [-0.25, -0.2) is 0 Å². The zero-order chi connectivity index (χ0) is 14.9. The molecule has 1 aliphatic carbocycles. The van der Waals surface area contributed by atoms with Crippen molar-refractivity contribution in [3.8, 4) is 0 Å². The Morgan fingerprint density at radius 1 is 1.29 bits per heavy atom. The molecule has 1 amide bonds. The first-order valence-corrected chi connectivity index (χ1v) is 8.17.